The van der Waals surface area contributed by atoms with Crippen LogP contribution in [0, 0.1) is 5.82 Å². The van der Waals surface area contributed by atoms with Crippen molar-refractivity contribution in [3.05, 3.63) is 35.3 Å². The minimum atomic E-state index is -0.354. The lowest BCUT2D eigenvalue weighted by Crippen LogP contribution is -2.28. The van der Waals surface area contributed by atoms with Crippen molar-refractivity contribution in [1.82, 2.24) is 4.98 Å². The first-order chi connectivity index (χ1) is 6.77. The van der Waals surface area contributed by atoms with Crippen LogP contribution in [0.1, 0.15) is 6.42 Å². The molecule has 14 heavy (non-hydrogen) atoms. The molecule has 1 aromatic heterocycles. The Bertz CT molecular complexity index is 365. The first-order valence-corrected chi connectivity index (χ1v) is 4.86. The number of hydrogen-bond acceptors (Lipinski definition) is 2. The van der Waals surface area contributed by atoms with Crippen LogP contribution in [0.5, 0.6) is 0 Å². The molecule has 0 amide bonds. The summed E-state index contributed by atoms with van der Waals surface area (Å²) in [6, 6.07) is 1.29. The highest BCUT2D eigenvalue weighted by Crippen LogP contribution is 2.20. The Morgan fingerprint density at radius 3 is 2.93 bits per heavy atom. The van der Waals surface area contributed by atoms with Gasteiger partial charge in [-0.25, -0.2) is 9.37 Å². The van der Waals surface area contributed by atoms with E-state index in [-0.39, 0.29) is 5.82 Å². The lowest BCUT2D eigenvalue weighted by atomic mass is 10.2. The standard InChI is InChI=1S/C10H10ClFN2/c11-8-6-9(12)10(13-7-8)14-4-2-1-3-5-14/h1-2,6-7H,3-5H2. The van der Waals surface area contributed by atoms with E-state index in [9.17, 15) is 4.39 Å². The first kappa shape index (κ1) is 9.46. The van der Waals surface area contributed by atoms with Gasteiger partial charge >= 0.3 is 0 Å². The van der Waals surface area contributed by atoms with Crippen LogP contribution in [0.3, 0.4) is 0 Å². The normalized spacial score (nSPS) is 16.0. The molecule has 1 aliphatic heterocycles. The van der Waals surface area contributed by atoms with E-state index in [2.05, 4.69) is 11.1 Å². The maximum Gasteiger partial charge on any atom is 0.167 e. The SMILES string of the molecule is Fc1cc(Cl)cnc1N1CC=CCC1. The van der Waals surface area contributed by atoms with Gasteiger partial charge in [-0.2, -0.15) is 0 Å². The highest BCUT2D eigenvalue weighted by Gasteiger charge is 2.13. The third kappa shape index (κ3) is 1.87. The van der Waals surface area contributed by atoms with Gasteiger partial charge in [-0.1, -0.05) is 23.8 Å². The largest absolute Gasteiger partial charge is 0.350 e. The number of hydrogen-bond donors (Lipinski definition) is 0. The number of aromatic nitrogens is 1. The number of rotatable bonds is 1. The van der Waals surface area contributed by atoms with Crippen LogP contribution >= 0.6 is 11.6 Å². The molecule has 0 bridgehead atoms. The number of nitrogens with zero attached hydrogens (tertiary/aromatic N) is 2. The zero-order chi connectivity index (χ0) is 9.97. The Kier molecular flexibility index (Phi) is 2.68. The monoisotopic (exact) mass is 212 g/mol. The third-order valence-corrected chi connectivity index (χ3v) is 2.35. The van der Waals surface area contributed by atoms with E-state index in [0.717, 1.165) is 13.0 Å². The quantitative estimate of drug-likeness (QED) is 0.666. The molecule has 0 unspecified atom stereocenters. The fraction of sp³-hybridized carbons (Fsp3) is 0.300. The molecule has 4 heteroatoms. The molecule has 0 radical (unpaired) electrons. The van der Waals surface area contributed by atoms with Crippen molar-refractivity contribution in [2.75, 3.05) is 18.0 Å². The molecule has 1 aliphatic rings. The number of anilines is 1. The fourth-order valence-corrected chi connectivity index (χ4v) is 1.62. The molecule has 2 heterocycles. The van der Waals surface area contributed by atoms with Crippen molar-refractivity contribution < 1.29 is 4.39 Å². The van der Waals surface area contributed by atoms with Crippen LogP contribution in [-0.2, 0) is 0 Å². The van der Waals surface area contributed by atoms with E-state index < -0.39 is 0 Å². The summed E-state index contributed by atoms with van der Waals surface area (Å²) in [6.45, 7) is 1.52. The van der Waals surface area contributed by atoms with Gasteiger partial charge in [-0.05, 0) is 12.5 Å². The Hall–Kier alpha value is -1.09. The van der Waals surface area contributed by atoms with Crippen molar-refractivity contribution in [3.8, 4) is 0 Å². The Balaban J connectivity index is 2.27. The molecule has 0 aliphatic carbocycles. The highest BCUT2D eigenvalue weighted by atomic mass is 35.5. The van der Waals surface area contributed by atoms with Gasteiger partial charge in [0, 0.05) is 19.3 Å². The topological polar surface area (TPSA) is 16.1 Å². The second-order valence-corrected chi connectivity index (χ2v) is 3.60. The van der Waals surface area contributed by atoms with Crippen molar-refractivity contribution >= 4 is 17.4 Å². The summed E-state index contributed by atoms with van der Waals surface area (Å²) >= 11 is 5.62. The van der Waals surface area contributed by atoms with Crippen LogP contribution in [0.2, 0.25) is 5.02 Å². The van der Waals surface area contributed by atoms with E-state index >= 15 is 0 Å². The third-order valence-electron chi connectivity index (χ3n) is 2.15. The molecule has 1 aromatic rings. The maximum absolute atomic E-state index is 13.4. The van der Waals surface area contributed by atoms with Gasteiger partial charge in [-0.3, -0.25) is 0 Å². The second kappa shape index (κ2) is 3.96. The molecule has 0 fully saturated rings. The lowest BCUT2D eigenvalue weighted by Gasteiger charge is -2.24. The summed E-state index contributed by atoms with van der Waals surface area (Å²) in [5.41, 5.74) is 0. The van der Waals surface area contributed by atoms with Crippen LogP contribution in [0.4, 0.5) is 10.2 Å². The van der Waals surface area contributed by atoms with Crippen molar-refractivity contribution in [1.29, 1.82) is 0 Å². The molecule has 2 nitrogen and oxygen atoms in total. The first-order valence-electron chi connectivity index (χ1n) is 4.48. The van der Waals surface area contributed by atoms with Crippen molar-refractivity contribution in [2.24, 2.45) is 0 Å². The summed E-state index contributed by atoms with van der Waals surface area (Å²) in [7, 11) is 0. The van der Waals surface area contributed by atoms with E-state index in [4.69, 9.17) is 11.6 Å². The Labute approximate surface area is 87.0 Å². The summed E-state index contributed by atoms with van der Waals surface area (Å²) < 4.78 is 13.4. The molecule has 0 aromatic carbocycles. The summed E-state index contributed by atoms with van der Waals surface area (Å²) in [5, 5.41) is 0.332. The van der Waals surface area contributed by atoms with Gasteiger partial charge in [0.1, 0.15) is 0 Å². The van der Waals surface area contributed by atoms with E-state index in [0.29, 0.717) is 17.4 Å². The van der Waals surface area contributed by atoms with Crippen molar-refractivity contribution in [3.63, 3.8) is 0 Å². The maximum atomic E-state index is 13.4. The minimum Gasteiger partial charge on any atom is -0.350 e. The predicted octanol–water partition coefficient (Wildman–Crippen LogP) is 2.64. The van der Waals surface area contributed by atoms with Gasteiger partial charge in [0.25, 0.3) is 0 Å². The lowest BCUT2D eigenvalue weighted by molar-refractivity contribution is 0.610. The molecule has 0 spiro atoms. The molecule has 74 valence electrons. The summed E-state index contributed by atoms with van der Waals surface area (Å²) in [6.07, 6.45) is 6.51. The van der Waals surface area contributed by atoms with Gasteiger partial charge in [0.15, 0.2) is 11.6 Å². The number of pyridine rings is 1. The van der Waals surface area contributed by atoms with Crippen LogP contribution in [-0.4, -0.2) is 18.1 Å². The molecule has 0 N–H and O–H groups in total. The van der Waals surface area contributed by atoms with E-state index in [1.54, 1.807) is 0 Å². The van der Waals surface area contributed by atoms with Gasteiger partial charge < -0.3 is 4.90 Å². The van der Waals surface area contributed by atoms with Gasteiger partial charge in [0.05, 0.1) is 5.02 Å². The van der Waals surface area contributed by atoms with E-state index in [1.165, 1.54) is 12.3 Å². The minimum absolute atomic E-state index is 0.332. The molecule has 0 atom stereocenters. The Morgan fingerprint density at radius 1 is 1.43 bits per heavy atom. The zero-order valence-electron chi connectivity index (χ0n) is 7.58. The van der Waals surface area contributed by atoms with Crippen LogP contribution in [0.25, 0.3) is 0 Å². The van der Waals surface area contributed by atoms with Crippen molar-refractivity contribution in [2.45, 2.75) is 6.42 Å². The van der Waals surface area contributed by atoms with E-state index in [1.807, 2.05) is 11.0 Å². The van der Waals surface area contributed by atoms with Crippen LogP contribution < -0.4 is 4.90 Å². The Morgan fingerprint density at radius 2 is 2.29 bits per heavy atom. The second-order valence-electron chi connectivity index (χ2n) is 3.17. The average molecular weight is 213 g/mol. The number of halogens is 2. The van der Waals surface area contributed by atoms with Crippen LogP contribution in [0.15, 0.2) is 24.4 Å². The molecule has 0 saturated heterocycles. The highest BCUT2D eigenvalue weighted by molar-refractivity contribution is 6.30. The summed E-state index contributed by atoms with van der Waals surface area (Å²) in [4.78, 5) is 5.88. The fourth-order valence-electron chi connectivity index (χ4n) is 1.47. The van der Waals surface area contributed by atoms with Gasteiger partial charge in [-0.15, -0.1) is 0 Å². The summed E-state index contributed by atoms with van der Waals surface area (Å²) in [5.74, 6) is 0.0338. The molecule has 2 rings (SSSR count). The zero-order valence-corrected chi connectivity index (χ0v) is 8.34. The smallest absolute Gasteiger partial charge is 0.167 e. The molecular weight excluding hydrogens is 203 g/mol. The average Bonchev–Trinajstić information content (AvgIpc) is 2.19. The molecular formula is C10H10ClFN2. The predicted molar refractivity (Wildman–Crippen MR) is 55.2 cm³/mol. The van der Waals surface area contributed by atoms with Gasteiger partial charge in [0.2, 0.25) is 0 Å². The molecule has 0 saturated carbocycles.